The lowest BCUT2D eigenvalue weighted by Gasteiger charge is -2.27. The van der Waals surface area contributed by atoms with Gasteiger partial charge in [-0.15, -0.1) is 0 Å². The first-order chi connectivity index (χ1) is 17.4. The average Bonchev–Trinajstić information content (AvgIpc) is 2.88. The minimum absolute atomic E-state index is 0.132. The monoisotopic (exact) mass is 492 g/mol. The Morgan fingerprint density at radius 1 is 0.806 bits per heavy atom. The Bertz CT molecular complexity index is 1200. The topological polar surface area (TPSA) is 87.5 Å². The maximum absolute atomic E-state index is 13.7. The molecular formula is C28H30F2N4O2. The summed E-state index contributed by atoms with van der Waals surface area (Å²) in [4.78, 5) is 28.0. The van der Waals surface area contributed by atoms with Crippen molar-refractivity contribution in [2.45, 2.75) is 38.9 Å². The van der Waals surface area contributed by atoms with Crippen molar-refractivity contribution in [2.75, 3.05) is 18.4 Å². The first kappa shape index (κ1) is 25.5. The van der Waals surface area contributed by atoms with Crippen LogP contribution in [0, 0.1) is 11.6 Å². The number of amides is 2. The molecule has 4 N–H and O–H groups in total. The quantitative estimate of drug-likeness (QED) is 0.429. The molecule has 2 amide bonds. The Kier molecular flexibility index (Phi) is 8.40. The molecule has 8 heteroatoms. The van der Waals surface area contributed by atoms with E-state index in [1.165, 1.54) is 6.42 Å². The fraction of sp³-hybridized carbons (Fsp3) is 0.286. The highest BCUT2D eigenvalue weighted by Crippen LogP contribution is 2.23. The van der Waals surface area contributed by atoms with Crippen LogP contribution in [0.15, 0.2) is 60.7 Å². The van der Waals surface area contributed by atoms with Crippen LogP contribution in [0.2, 0.25) is 0 Å². The predicted octanol–water partition coefficient (Wildman–Crippen LogP) is 4.59. The van der Waals surface area contributed by atoms with Crippen LogP contribution in [-0.4, -0.2) is 29.8 Å². The lowest BCUT2D eigenvalue weighted by atomic mass is 10.0. The number of hydrogen-bond donors (Lipinski definition) is 3. The molecule has 1 heterocycles. The number of rotatable bonds is 8. The van der Waals surface area contributed by atoms with Gasteiger partial charge in [-0.25, -0.2) is 8.78 Å². The molecule has 1 saturated heterocycles. The summed E-state index contributed by atoms with van der Waals surface area (Å²) in [5.74, 6) is -2.61. The number of nitrogens with zero attached hydrogens (tertiary/aromatic N) is 1. The second-order valence-corrected chi connectivity index (χ2v) is 9.02. The lowest BCUT2D eigenvalue weighted by Crippen LogP contribution is -2.30. The number of hydrogen-bond acceptors (Lipinski definition) is 4. The molecule has 3 aromatic rings. The molecule has 0 saturated carbocycles. The van der Waals surface area contributed by atoms with E-state index in [2.05, 4.69) is 15.5 Å². The third kappa shape index (κ3) is 6.74. The maximum atomic E-state index is 13.7. The standard InChI is InChI=1S/C28H30F2N4O2/c29-24-12-23(13-25(30)15-24)28(36)33-26-14-21(8-9-22(26)18-34-10-2-1-3-11-34)27(35)32-17-20-6-4-19(16-31)5-7-20/h4-9,12-15H,1-3,10-11,16-18,31H2,(H,32,35)(H,33,36). The zero-order chi connectivity index (χ0) is 25.5. The van der Waals surface area contributed by atoms with Crippen molar-refractivity contribution >= 4 is 17.5 Å². The van der Waals surface area contributed by atoms with Gasteiger partial charge in [0.15, 0.2) is 0 Å². The number of carbonyl (C=O) groups excluding carboxylic acids is 2. The van der Waals surface area contributed by atoms with Gasteiger partial charge >= 0.3 is 0 Å². The fourth-order valence-electron chi connectivity index (χ4n) is 4.29. The third-order valence-electron chi connectivity index (χ3n) is 6.30. The van der Waals surface area contributed by atoms with Gasteiger partial charge in [-0.1, -0.05) is 36.8 Å². The van der Waals surface area contributed by atoms with Gasteiger partial charge in [-0.3, -0.25) is 14.5 Å². The number of nitrogens with one attached hydrogen (secondary N) is 2. The molecular weight excluding hydrogens is 462 g/mol. The number of benzene rings is 3. The van der Waals surface area contributed by atoms with Gasteiger partial charge in [-0.05, 0) is 66.9 Å². The van der Waals surface area contributed by atoms with Crippen molar-refractivity contribution in [3.05, 3.63) is 100 Å². The van der Waals surface area contributed by atoms with E-state index in [-0.39, 0.29) is 11.5 Å². The number of nitrogens with two attached hydrogens (primary N) is 1. The van der Waals surface area contributed by atoms with E-state index in [0.29, 0.717) is 37.0 Å². The zero-order valence-electron chi connectivity index (χ0n) is 20.0. The summed E-state index contributed by atoms with van der Waals surface area (Å²) in [6, 6.07) is 15.5. The highest BCUT2D eigenvalue weighted by atomic mass is 19.1. The first-order valence-electron chi connectivity index (χ1n) is 12.1. The van der Waals surface area contributed by atoms with Crippen LogP contribution in [0.3, 0.4) is 0 Å². The zero-order valence-corrected chi connectivity index (χ0v) is 20.0. The van der Waals surface area contributed by atoms with Gasteiger partial charge in [0.1, 0.15) is 11.6 Å². The van der Waals surface area contributed by atoms with E-state index < -0.39 is 17.5 Å². The average molecular weight is 493 g/mol. The van der Waals surface area contributed by atoms with Gasteiger partial charge in [-0.2, -0.15) is 0 Å². The fourth-order valence-corrected chi connectivity index (χ4v) is 4.29. The Labute approximate surface area is 209 Å². The molecule has 4 rings (SSSR count). The van der Waals surface area contributed by atoms with E-state index >= 15 is 0 Å². The van der Waals surface area contributed by atoms with Crippen LogP contribution < -0.4 is 16.4 Å². The Morgan fingerprint density at radius 2 is 1.47 bits per heavy atom. The number of carbonyl (C=O) groups is 2. The van der Waals surface area contributed by atoms with Gasteiger partial charge < -0.3 is 16.4 Å². The second kappa shape index (κ2) is 11.9. The summed E-state index contributed by atoms with van der Waals surface area (Å²) in [5, 5.41) is 5.65. The van der Waals surface area contributed by atoms with E-state index in [1.807, 2.05) is 30.3 Å². The maximum Gasteiger partial charge on any atom is 0.255 e. The molecule has 0 spiro atoms. The van der Waals surface area contributed by atoms with Crippen LogP contribution >= 0.6 is 0 Å². The number of likely N-dealkylation sites (tertiary alicyclic amines) is 1. The van der Waals surface area contributed by atoms with E-state index in [4.69, 9.17) is 5.73 Å². The largest absolute Gasteiger partial charge is 0.348 e. The predicted molar refractivity (Wildman–Crippen MR) is 135 cm³/mol. The Balaban J connectivity index is 1.53. The molecule has 1 aliphatic heterocycles. The van der Waals surface area contributed by atoms with Gasteiger partial charge in [0.05, 0.1) is 0 Å². The molecule has 36 heavy (non-hydrogen) atoms. The highest BCUT2D eigenvalue weighted by molar-refractivity contribution is 6.05. The number of piperidine rings is 1. The Morgan fingerprint density at radius 3 is 2.14 bits per heavy atom. The molecule has 0 atom stereocenters. The number of halogens is 2. The molecule has 1 fully saturated rings. The highest BCUT2D eigenvalue weighted by Gasteiger charge is 2.17. The van der Waals surface area contributed by atoms with Gasteiger partial charge in [0.2, 0.25) is 0 Å². The minimum Gasteiger partial charge on any atom is -0.348 e. The summed E-state index contributed by atoms with van der Waals surface area (Å²) in [6.07, 6.45) is 3.41. The van der Waals surface area contributed by atoms with Gasteiger partial charge in [0, 0.05) is 42.5 Å². The lowest BCUT2D eigenvalue weighted by molar-refractivity contribution is 0.0949. The van der Waals surface area contributed by atoms with Crippen LogP contribution in [-0.2, 0) is 19.6 Å². The summed E-state index contributed by atoms with van der Waals surface area (Å²) in [6.45, 7) is 3.29. The number of anilines is 1. The van der Waals surface area contributed by atoms with Crippen LogP contribution in [0.25, 0.3) is 0 Å². The van der Waals surface area contributed by atoms with Crippen molar-refractivity contribution in [2.24, 2.45) is 5.73 Å². The third-order valence-corrected chi connectivity index (χ3v) is 6.30. The summed E-state index contributed by atoms with van der Waals surface area (Å²) >= 11 is 0. The van der Waals surface area contributed by atoms with E-state index in [1.54, 1.807) is 12.1 Å². The molecule has 0 aliphatic carbocycles. The summed E-state index contributed by atoms with van der Waals surface area (Å²) in [5.41, 5.74) is 9.08. The van der Waals surface area contributed by atoms with Crippen LogP contribution in [0.1, 0.15) is 56.7 Å². The molecule has 0 radical (unpaired) electrons. The van der Waals surface area contributed by atoms with E-state index in [9.17, 15) is 18.4 Å². The van der Waals surface area contributed by atoms with E-state index in [0.717, 1.165) is 54.8 Å². The normalized spacial score (nSPS) is 13.9. The Hall–Kier alpha value is -3.62. The molecule has 1 aliphatic rings. The van der Waals surface area contributed by atoms with Gasteiger partial charge in [0.25, 0.3) is 11.8 Å². The molecule has 0 bridgehead atoms. The summed E-state index contributed by atoms with van der Waals surface area (Å²) < 4.78 is 27.3. The molecule has 188 valence electrons. The molecule has 6 nitrogen and oxygen atoms in total. The smallest absolute Gasteiger partial charge is 0.255 e. The second-order valence-electron chi connectivity index (χ2n) is 9.02. The van der Waals surface area contributed by atoms with Crippen molar-refractivity contribution in [3.63, 3.8) is 0 Å². The van der Waals surface area contributed by atoms with Crippen molar-refractivity contribution < 1.29 is 18.4 Å². The van der Waals surface area contributed by atoms with Crippen LogP contribution in [0.4, 0.5) is 14.5 Å². The van der Waals surface area contributed by atoms with Crippen molar-refractivity contribution in [1.29, 1.82) is 0 Å². The van der Waals surface area contributed by atoms with Crippen molar-refractivity contribution in [3.8, 4) is 0 Å². The first-order valence-corrected chi connectivity index (χ1v) is 12.1. The molecule has 0 aromatic heterocycles. The summed E-state index contributed by atoms with van der Waals surface area (Å²) in [7, 11) is 0. The van der Waals surface area contributed by atoms with Crippen molar-refractivity contribution in [1.82, 2.24) is 10.2 Å². The molecule has 0 unspecified atom stereocenters. The van der Waals surface area contributed by atoms with Crippen LogP contribution in [0.5, 0.6) is 0 Å². The molecule has 3 aromatic carbocycles. The minimum atomic E-state index is -0.832. The SMILES string of the molecule is NCc1ccc(CNC(=O)c2ccc(CN3CCCCC3)c(NC(=O)c3cc(F)cc(F)c3)c2)cc1.